The molecule has 3 rings (SSSR count). The summed E-state index contributed by atoms with van der Waals surface area (Å²) in [7, 11) is -3.43. The smallest absolute Gasteiger partial charge is 0.191 e. The molecule has 0 fully saturated rings. The summed E-state index contributed by atoms with van der Waals surface area (Å²) < 4.78 is 6.29. The predicted molar refractivity (Wildman–Crippen MR) is 155 cm³/mol. The maximum atomic E-state index is 6.29. The Morgan fingerprint density at radius 1 is 0.706 bits per heavy atom. The van der Waals surface area contributed by atoms with Crippen molar-refractivity contribution in [1.29, 1.82) is 0 Å². The van der Waals surface area contributed by atoms with Crippen molar-refractivity contribution in [2.75, 3.05) is 12.8 Å². The Kier molecular flexibility index (Phi) is 9.29. The van der Waals surface area contributed by atoms with Crippen LogP contribution in [0.25, 0.3) is 0 Å². The van der Waals surface area contributed by atoms with Gasteiger partial charge in [-0.3, -0.25) is 0 Å². The summed E-state index contributed by atoms with van der Waals surface area (Å²) in [6.45, 7) is 12.3. The Balaban J connectivity index is 1.79. The summed E-state index contributed by atoms with van der Waals surface area (Å²) in [5, 5.41) is 4.57. The first-order chi connectivity index (χ1) is 16.3. The molecule has 0 heterocycles. The largest absolute Gasteiger partial charge is 0.416 e. The van der Waals surface area contributed by atoms with Crippen molar-refractivity contribution in [1.82, 2.24) is 0 Å². The maximum Gasteiger partial charge on any atom is 0.191 e. The lowest BCUT2D eigenvalue weighted by Crippen LogP contribution is -2.40. The van der Waals surface area contributed by atoms with E-state index in [-0.39, 0.29) is 5.04 Å². The standard InChI is InChI=1S/C31H40OPSi/c1-31(2,3)34(4,5)32-26-18-7-6-8-19-27-33(28-20-12-9-13-21-28,29-22-14-10-15-23-29)30-24-16-11-17-25-30/h7-17,20-25H,18-19,26-27H2,1-5H3/q+1. The highest BCUT2D eigenvalue weighted by atomic mass is 31.2. The Labute approximate surface area is 209 Å². The molecule has 0 unspecified atom stereocenters. The van der Waals surface area contributed by atoms with Gasteiger partial charge in [0, 0.05) is 13.0 Å². The third kappa shape index (κ3) is 6.47. The van der Waals surface area contributed by atoms with Crippen LogP contribution in [0, 0.1) is 0 Å². The van der Waals surface area contributed by atoms with Gasteiger partial charge in [-0.2, -0.15) is 0 Å². The van der Waals surface area contributed by atoms with Gasteiger partial charge in [-0.25, -0.2) is 0 Å². The molecule has 0 radical (unpaired) electrons. The van der Waals surface area contributed by atoms with Crippen molar-refractivity contribution < 1.29 is 4.43 Å². The van der Waals surface area contributed by atoms with Gasteiger partial charge < -0.3 is 4.43 Å². The Hall–Kier alpha value is -2.21. The minimum absolute atomic E-state index is 0.256. The summed E-state index contributed by atoms with van der Waals surface area (Å²) in [4.78, 5) is 0. The van der Waals surface area contributed by atoms with Gasteiger partial charge in [0.2, 0.25) is 0 Å². The Morgan fingerprint density at radius 3 is 1.53 bits per heavy atom. The molecule has 0 spiro atoms. The molecule has 3 aromatic rings. The van der Waals surface area contributed by atoms with E-state index in [9.17, 15) is 0 Å². The lowest BCUT2D eigenvalue weighted by molar-refractivity contribution is 0.294. The molecule has 0 aliphatic carbocycles. The van der Waals surface area contributed by atoms with Crippen molar-refractivity contribution in [2.24, 2.45) is 0 Å². The van der Waals surface area contributed by atoms with Crippen LogP contribution in [0.4, 0.5) is 0 Å². The van der Waals surface area contributed by atoms with Crippen molar-refractivity contribution in [3.63, 3.8) is 0 Å². The molecule has 0 bridgehead atoms. The maximum absolute atomic E-state index is 6.29. The zero-order valence-electron chi connectivity index (χ0n) is 21.5. The molecule has 0 aliphatic heterocycles. The summed E-state index contributed by atoms with van der Waals surface area (Å²) in [6, 6.07) is 33.3. The quantitative estimate of drug-likeness (QED) is 0.125. The minimum Gasteiger partial charge on any atom is -0.416 e. The van der Waals surface area contributed by atoms with E-state index in [0.29, 0.717) is 0 Å². The molecule has 1 nitrogen and oxygen atoms in total. The van der Waals surface area contributed by atoms with E-state index < -0.39 is 15.6 Å². The van der Waals surface area contributed by atoms with Gasteiger partial charge in [0.05, 0.1) is 6.16 Å². The zero-order chi connectivity index (χ0) is 24.5. The molecule has 34 heavy (non-hydrogen) atoms. The van der Waals surface area contributed by atoms with Crippen LogP contribution in [-0.2, 0) is 4.43 Å². The van der Waals surface area contributed by atoms with Crippen LogP contribution in [0.2, 0.25) is 18.1 Å². The second-order valence-electron chi connectivity index (χ2n) is 10.3. The lowest BCUT2D eigenvalue weighted by atomic mass is 10.2. The second kappa shape index (κ2) is 12.0. The fraction of sp³-hybridized carbons (Fsp3) is 0.323. The Bertz CT molecular complexity index is 966. The first-order valence-electron chi connectivity index (χ1n) is 12.4. The van der Waals surface area contributed by atoms with E-state index >= 15 is 0 Å². The average Bonchev–Trinajstić information content (AvgIpc) is 2.84. The third-order valence-electron chi connectivity index (χ3n) is 6.97. The molecule has 0 saturated heterocycles. The van der Waals surface area contributed by atoms with Crippen molar-refractivity contribution in [3.05, 3.63) is 109 Å². The van der Waals surface area contributed by atoms with Gasteiger partial charge in [0.25, 0.3) is 0 Å². The van der Waals surface area contributed by atoms with E-state index in [1.54, 1.807) is 0 Å². The predicted octanol–water partition coefficient (Wildman–Crippen LogP) is 7.49. The Morgan fingerprint density at radius 2 is 1.12 bits per heavy atom. The molecule has 0 aliphatic rings. The molecule has 0 amide bonds. The highest BCUT2D eigenvalue weighted by Crippen LogP contribution is 2.55. The molecular formula is C31H40OPSi+. The third-order valence-corrected chi connectivity index (χ3v) is 16.0. The van der Waals surface area contributed by atoms with E-state index in [1.807, 2.05) is 0 Å². The monoisotopic (exact) mass is 487 g/mol. The first kappa shape index (κ1) is 26.4. The van der Waals surface area contributed by atoms with Gasteiger partial charge in [-0.05, 0) is 73.1 Å². The molecule has 3 aromatic carbocycles. The van der Waals surface area contributed by atoms with Crippen LogP contribution in [0.15, 0.2) is 109 Å². The summed E-state index contributed by atoms with van der Waals surface area (Å²) in [6.07, 6.45) is 7.36. The number of rotatable bonds is 10. The first-order valence-corrected chi connectivity index (χ1v) is 17.2. The van der Waals surface area contributed by atoms with Gasteiger partial charge in [0.1, 0.15) is 23.2 Å². The van der Waals surface area contributed by atoms with Crippen LogP contribution in [0.3, 0.4) is 0 Å². The van der Waals surface area contributed by atoms with Gasteiger partial charge in [0.15, 0.2) is 8.32 Å². The van der Waals surface area contributed by atoms with Gasteiger partial charge in [-0.15, -0.1) is 5.73 Å². The summed E-state index contributed by atoms with van der Waals surface area (Å²) >= 11 is 0. The highest BCUT2D eigenvalue weighted by Gasteiger charge is 2.44. The summed E-state index contributed by atoms with van der Waals surface area (Å²) in [5.74, 6) is 0. The lowest BCUT2D eigenvalue weighted by Gasteiger charge is -2.36. The molecule has 0 saturated carbocycles. The van der Waals surface area contributed by atoms with E-state index in [1.165, 1.54) is 15.9 Å². The molecule has 0 N–H and O–H groups in total. The van der Waals surface area contributed by atoms with Crippen molar-refractivity contribution in [3.8, 4) is 0 Å². The van der Waals surface area contributed by atoms with Crippen LogP contribution < -0.4 is 15.9 Å². The fourth-order valence-corrected chi connectivity index (χ4v) is 9.27. The van der Waals surface area contributed by atoms with Crippen molar-refractivity contribution in [2.45, 2.75) is 51.7 Å². The van der Waals surface area contributed by atoms with E-state index in [0.717, 1.165) is 25.6 Å². The van der Waals surface area contributed by atoms with Gasteiger partial charge in [-0.1, -0.05) is 75.4 Å². The van der Waals surface area contributed by atoms with E-state index in [2.05, 4.69) is 143 Å². The highest BCUT2D eigenvalue weighted by molar-refractivity contribution is 7.95. The molecular weight excluding hydrogens is 447 g/mol. The normalized spacial score (nSPS) is 12.1. The van der Waals surface area contributed by atoms with Crippen LogP contribution >= 0.6 is 7.26 Å². The minimum atomic E-state index is -1.76. The molecule has 0 aromatic heterocycles. The summed E-state index contributed by atoms with van der Waals surface area (Å²) in [5.41, 5.74) is 3.44. The second-order valence-corrected chi connectivity index (χ2v) is 18.7. The number of hydrogen-bond donors (Lipinski definition) is 0. The fourth-order valence-electron chi connectivity index (χ4n) is 3.98. The zero-order valence-corrected chi connectivity index (χ0v) is 23.4. The number of benzene rings is 3. The van der Waals surface area contributed by atoms with E-state index in [4.69, 9.17) is 4.43 Å². The molecule has 3 heteroatoms. The van der Waals surface area contributed by atoms with Gasteiger partial charge >= 0.3 is 0 Å². The average molecular weight is 488 g/mol. The SMILES string of the molecule is CC(C)(C)[Si](C)(C)OCCC=C=CCC[P+](c1ccccc1)(c1ccccc1)c1ccccc1. The topological polar surface area (TPSA) is 9.23 Å². The molecule has 178 valence electrons. The van der Waals surface area contributed by atoms with Crippen molar-refractivity contribution >= 4 is 31.5 Å². The number of hydrogen-bond acceptors (Lipinski definition) is 1. The van der Waals surface area contributed by atoms with Crippen LogP contribution in [0.1, 0.15) is 33.6 Å². The van der Waals surface area contributed by atoms with Crippen LogP contribution in [0.5, 0.6) is 0 Å². The molecule has 0 atom stereocenters. The van der Waals surface area contributed by atoms with Crippen LogP contribution in [-0.4, -0.2) is 21.1 Å².